The summed E-state index contributed by atoms with van der Waals surface area (Å²) in [6, 6.07) is 0. The molecule has 110 valence electrons. The number of carbonyl (C=O) groups excluding carboxylic acids is 2. The highest BCUT2D eigenvalue weighted by molar-refractivity contribution is 5.97. The zero-order chi connectivity index (χ0) is 15.4. The largest absolute Gasteiger partial charge is 0.468 e. The summed E-state index contributed by atoms with van der Waals surface area (Å²) in [5.41, 5.74) is 0.707. The van der Waals surface area contributed by atoms with E-state index in [4.69, 9.17) is 0 Å². The average molecular weight is 281 g/mol. The van der Waals surface area contributed by atoms with Crippen LogP contribution < -0.4 is 5.56 Å². The van der Waals surface area contributed by atoms with E-state index in [9.17, 15) is 14.4 Å². The first-order valence-corrected chi connectivity index (χ1v) is 6.24. The molecule has 7 heteroatoms. The molecule has 0 N–H and O–H groups in total. The van der Waals surface area contributed by atoms with Crippen molar-refractivity contribution in [2.75, 3.05) is 20.2 Å². The standard InChI is InChI=1S/C13H19N3O4/c1-6-16(7-10(17)20-5)13(19)11-8(2)9(3)14-15(4)12(11)18/h6-7H2,1-5H3. The van der Waals surface area contributed by atoms with E-state index in [2.05, 4.69) is 9.84 Å². The SMILES string of the molecule is CCN(CC(=O)OC)C(=O)c1c(C)c(C)nn(C)c1=O. The lowest BCUT2D eigenvalue weighted by Gasteiger charge is -2.20. The molecule has 0 saturated carbocycles. The Balaban J connectivity index is 3.26. The molecular formula is C13H19N3O4. The highest BCUT2D eigenvalue weighted by Gasteiger charge is 2.24. The number of aromatic nitrogens is 2. The number of hydrogen-bond acceptors (Lipinski definition) is 5. The van der Waals surface area contributed by atoms with Crippen molar-refractivity contribution in [2.45, 2.75) is 20.8 Å². The molecule has 1 heterocycles. The quantitative estimate of drug-likeness (QED) is 0.727. The van der Waals surface area contributed by atoms with Gasteiger partial charge in [0.15, 0.2) is 0 Å². The minimum atomic E-state index is -0.527. The molecular weight excluding hydrogens is 262 g/mol. The van der Waals surface area contributed by atoms with Gasteiger partial charge >= 0.3 is 5.97 Å². The Labute approximate surface area is 117 Å². The van der Waals surface area contributed by atoms with Gasteiger partial charge < -0.3 is 9.64 Å². The molecule has 0 fully saturated rings. The van der Waals surface area contributed by atoms with E-state index < -0.39 is 17.4 Å². The van der Waals surface area contributed by atoms with Gasteiger partial charge in [-0.2, -0.15) is 5.10 Å². The molecule has 1 aromatic heterocycles. The lowest BCUT2D eigenvalue weighted by Crippen LogP contribution is -2.41. The van der Waals surface area contributed by atoms with Crippen LogP contribution in [-0.4, -0.2) is 46.8 Å². The van der Waals surface area contributed by atoms with Crippen LogP contribution in [0.1, 0.15) is 28.5 Å². The molecule has 0 spiro atoms. The van der Waals surface area contributed by atoms with E-state index >= 15 is 0 Å². The predicted octanol–water partition coefficient (Wildman–Crippen LogP) is 0.0322. The molecule has 7 nitrogen and oxygen atoms in total. The number of methoxy groups -OCH3 is 1. The zero-order valence-electron chi connectivity index (χ0n) is 12.4. The van der Waals surface area contributed by atoms with Crippen molar-refractivity contribution in [2.24, 2.45) is 7.05 Å². The topological polar surface area (TPSA) is 81.5 Å². The van der Waals surface area contributed by atoms with Crippen LogP contribution >= 0.6 is 0 Å². The lowest BCUT2D eigenvalue weighted by molar-refractivity contribution is -0.141. The molecule has 1 rings (SSSR count). The summed E-state index contributed by atoms with van der Waals surface area (Å²) in [5, 5.41) is 4.02. The summed E-state index contributed by atoms with van der Waals surface area (Å²) in [6.07, 6.45) is 0. The first-order chi connectivity index (χ1) is 9.33. The van der Waals surface area contributed by atoms with Crippen molar-refractivity contribution in [3.8, 4) is 0 Å². The molecule has 0 bridgehead atoms. The Bertz CT molecular complexity index is 592. The first kappa shape index (κ1) is 15.9. The monoisotopic (exact) mass is 281 g/mol. The van der Waals surface area contributed by atoms with Gasteiger partial charge in [0.05, 0.1) is 12.8 Å². The van der Waals surface area contributed by atoms with Gasteiger partial charge in [-0.05, 0) is 26.3 Å². The number of likely N-dealkylation sites (N-methyl/N-ethyl adjacent to an activating group) is 1. The average Bonchev–Trinajstić information content (AvgIpc) is 2.42. The zero-order valence-corrected chi connectivity index (χ0v) is 12.4. The minimum Gasteiger partial charge on any atom is -0.468 e. The number of hydrogen-bond donors (Lipinski definition) is 0. The molecule has 0 aliphatic heterocycles. The maximum absolute atomic E-state index is 12.5. The van der Waals surface area contributed by atoms with Gasteiger partial charge in [0.25, 0.3) is 11.5 Å². The summed E-state index contributed by atoms with van der Waals surface area (Å²) in [4.78, 5) is 37.1. The lowest BCUT2D eigenvalue weighted by atomic mass is 10.1. The molecule has 1 amide bonds. The maximum Gasteiger partial charge on any atom is 0.325 e. The first-order valence-electron chi connectivity index (χ1n) is 6.24. The van der Waals surface area contributed by atoms with Crippen LogP contribution in [0.2, 0.25) is 0 Å². The number of nitrogens with zero attached hydrogens (tertiary/aromatic N) is 3. The fourth-order valence-corrected chi connectivity index (χ4v) is 1.81. The van der Waals surface area contributed by atoms with Crippen molar-refractivity contribution >= 4 is 11.9 Å². The van der Waals surface area contributed by atoms with Crippen LogP contribution in [0, 0.1) is 13.8 Å². The van der Waals surface area contributed by atoms with Crippen LogP contribution in [0.15, 0.2) is 4.79 Å². The van der Waals surface area contributed by atoms with Crippen LogP contribution in [0.4, 0.5) is 0 Å². The number of rotatable bonds is 4. The van der Waals surface area contributed by atoms with E-state index in [0.29, 0.717) is 17.8 Å². The fraction of sp³-hybridized carbons (Fsp3) is 0.538. The summed E-state index contributed by atoms with van der Waals surface area (Å²) >= 11 is 0. The summed E-state index contributed by atoms with van der Waals surface area (Å²) in [5.74, 6) is -1.01. The third-order valence-electron chi connectivity index (χ3n) is 3.16. The van der Waals surface area contributed by atoms with Crippen LogP contribution in [0.25, 0.3) is 0 Å². The Morgan fingerprint density at radius 1 is 1.35 bits per heavy atom. The smallest absolute Gasteiger partial charge is 0.325 e. The molecule has 0 aliphatic carbocycles. The molecule has 1 aromatic rings. The van der Waals surface area contributed by atoms with Gasteiger partial charge in [-0.1, -0.05) is 0 Å². The number of carbonyl (C=O) groups is 2. The van der Waals surface area contributed by atoms with E-state index in [1.165, 1.54) is 19.1 Å². The van der Waals surface area contributed by atoms with Crippen LogP contribution in [0.5, 0.6) is 0 Å². The molecule has 0 radical (unpaired) electrons. The highest BCUT2D eigenvalue weighted by atomic mass is 16.5. The Hall–Kier alpha value is -2.18. The predicted molar refractivity (Wildman–Crippen MR) is 72.5 cm³/mol. The van der Waals surface area contributed by atoms with Gasteiger partial charge in [0.1, 0.15) is 12.1 Å². The molecule has 0 aromatic carbocycles. The second-order valence-electron chi connectivity index (χ2n) is 4.41. The Kier molecular flexibility index (Phi) is 5.01. The van der Waals surface area contributed by atoms with Gasteiger partial charge in [0.2, 0.25) is 0 Å². The van der Waals surface area contributed by atoms with Gasteiger partial charge in [-0.15, -0.1) is 0 Å². The Morgan fingerprint density at radius 3 is 2.45 bits per heavy atom. The number of aryl methyl sites for hydroxylation is 2. The fourth-order valence-electron chi connectivity index (χ4n) is 1.81. The van der Waals surface area contributed by atoms with E-state index in [1.54, 1.807) is 20.8 Å². The van der Waals surface area contributed by atoms with Gasteiger partial charge in [-0.3, -0.25) is 14.4 Å². The normalized spacial score (nSPS) is 10.2. The molecule has 0 saturated heterocycles. The summed E-state index contributed by atoms with van der Waals surface area (Å²) in [7, 11) is 2.74. The second-order valence-corrected chi connectivity index (χ2v) is 4.41. The van der Waals surface area contributed by atoms with Crippen LogP contribution in [0.3, 0.4) is 0 Å². The van der Waals surface area contributed by atoms with E-state index in [-0.39, 0.29) is 12.1 Å². The van der Waals surface area contributed by atoms with Crippen molar-refractivity contribution in [1.82, 2.24) is 14.7 Å². The molecule has 20 heavy (non-hydrogen) atoms. The van der Waals surface area contributed by atoms with Crippen LogP contribution in [-0.2, 0) is 16.6 Å². The Morgan fingerprint density at radius 2 is 1.95 bits per heavy atom. The number of amides is 1. The number of ether oxygens (including phenoxy) is 1. The van der Waals surface area contributed by atoms with Gasteiger partial charge in [-0.25, -0.2) is 4.68 Å². The van der Waals surface area contributed by atoms with E-state index in [0.717, 1.165) is 4.68 Å². The summed E-state index contributed by atoms with van der Waals surface area (Å²) in [6.45, 7) is 5.24. The molecule has 0 aliphatic rings. The van der Waals surface area contributed by atoms with Gasteiger partial charge in [0, 0.05) is 13.6 Å². The van der Waals surface area contributed by atoms with Crippen molar-refractivity contribution in [1.29, 1.82) is 0 Å². The number of esters is 1. The maximum atomic E-state index is 12.5. The highest BCUT2D eigenvalue weighted by Crippen LogP contribution is 2.09. The molecule has 0 unspecified atom stereocenters. The summed E-state index contributed by atoms with van der Waals surface area (Å²) < 4.78 is 5.67. The minimum absolute atomic E-state index is 0.0470. The second kappa shape index (κ2) is 6.31. The van der Waals surface area contributed by atoms with Crippen molar-refractivity contribution in [3.05, 3.63) is 27.2 Å². The van der Waals surface area contributed by atoms with Crippen molar-refractivity contribution in [3.63, 3.8) is 0 Å². The molecule has 0 atom stereocenters. The van der Waals surface area contributed by atoms with E-state index in [1.807, 2.05) is 0 Å². The van der Waals surface area contributed by atoms with Crippen molar-refractivity contribution < 1.29 is 14.3 Å². The third kappa shape index (κ3) is 3.04. The third-order valence-corrected chi connectivity index (χ3v) is 3.16.